The first-order valence-corrected chi connectivity index (χ1v) is 13.6. The maximum atomic E-state index is 13.3. The number of fused-ring (bicyclic) bond motifs is 1. The van der Waals surface area contributed by atoms with Crippen LogP contribution in [0.5, 0.6) is 0 Å². The van der Waals surface area contributed by atoms with Crippen LogP contribution in [0.3, 0.4) is 0 Å². The summed E-state index contributed by atoms with van der Waals surface area (Å²) in [4.78, 5) is 60.4. The Morgan fingerprint density at radius 3 is 2.36 bits per heavy atom. The van der Waals surface area contributed by atoms with Gasteiger partial charge in [0.2, 0.25) is 17.7 Å². The lowest BCUT2D eigenvalue weighted by Crippen LogP contribution is -2.58. The van der Waals surface area contributed by atoms with Crippen LogP contribution in [0.15, 0.2) is 43.0 Å². The van der Waals surface area contributed by atoms with Gasteiger partial charge in [-0.25, -0.2) is 9.78 Å². The molecule has 4 atom stereocenters. The SMILES string of the molecule is CSCCC(NC(=O)C(Cc1c[nH]c2ccccc12)NC(=O)C(CO)NC(=O)C(N)Cc1cnc[nH]1)C(=O)O. The summed E-state index contributed by atoms with van der Waals surface area (Å²) in [5.74, 6) is -2.90. The predicted molar refractivity (Wildman–Crippen MR) is 146 cm³/mol. The van der Waals surface area contributed by atoms with Gasteiger partial charge in [-0.05, 0) is 30.1 Å². The Morgan fingerprint density at radius 2 is 1.69 bits per heavy atom. The molecule has 1 aromatic carbocycles. The fraction of sp³-hybridized carbons (Fsp3) is 0.400. The van der Waals surface area contributed by atoms with Gasteiger partial charge in [0, 0.05) is 41.8 Å². The van der Waals surface area contributed by atoms with Gasteiger partial charge in [-0.2, -0.15) is 11.8 Å². The number of rotatable bonds is 15. The molecule has 0 aliphatic heterocycles. The van der Waals surface area contributed by atoms with Crippen molar-refractivity contribution < 1.29 is 29.4 Å². The molecule has 9 N–H and O–H groups in total. The van der Waals surface area contributed by atoms with Gasteiger partial charge in [0.1, 0.15) is 18.1 Å². The molecule has 2 heterocycles. The summed E-state index contributed by atoms with van der Waals surface area (Å²) in [5, 5.41) is 27.7. The number of para-hydroxylation sites is 1. The van der Waals surface area contributed by atoms with Crippen LogP contribution in [0.1, 0.15) is 17.7 Å². The number of carboxylic acid groups (broad SMARTS) is 1. The number of imidazole rings is 1. The quantitative estimate of drug-likeness (QED) is 0.118. The Labute approximate surface area is 228 Å². The number of hydrogen-bond donors (Lipinski definition) is 8. The van der Waals surface area contributed by atoms with E-state index >= 15 is 0 Å². The number of amides is 3. The van der Waals surface area contributed by atoms with E-state index in [0.29, 0.717) is 17.0 Å². The highest BCUT2D eigenvalue weighted by atomic mass is 32.2. The number of aromatic nitrogens is 3. The average molecular weight is 560 g/mol. The Hall–Kier alpha value is -3.88. The number of nitrogens with one attached hydrogen (secondary N) is 5. The molecule has 0 radical (unpaired) electrons. The van der Waals surface area contributed by atoms with Gasteiger partial charge in [0.15, 0.2) is 0 Å². The molecule has 3 rings (SSSR count). The zero-order valence-electron chi connectivity index (χ0n) is 21.3. The van der Waals surface area contributed by atoms with Crippen molar-refractivity contribution in [2.45, 2.75) is 43.4 Å². The molecule has 2 aromatic heterocycles. The van der Waals surface area contributed by atoms with Crippen LogP contribution in [0, 0.1) is 0 Å². The van der Waals surface area contributed by atoms with Crippen LogP contribution in [-0.2, 0) is 32.0 Å². The van der Waals surface area contributed by atoms with E-state index in [0.717, 1.165) is 10.9 Å². The van der Waals surface area contributed by atoms with Crippen LogP contribution >= 0.6 is 11.8 Å². The van der Waals surface area contributed by atoms with Gasteiger partial charge in [-0.15, -0.1) is 0 Å². The van der Waals surface area contributed by atoms with Crippen LogP contribution in [-0.4, -0.2) is 91.6 Å². The van der Waals surface area contributed by atoms with Crippen molar-refractivity contribution >= 4 is 46.4 Å². The van der Waals surface area contributed by atoms with Crippen molar-refractivity contribution in [3.8, 4) is 0 Å². The molecule has 210 valence electrons. The molecule has 0 fully saturated rings. The Morgan fingerprint density at radius 1 is 1.00 bits per heavy atom. The van der Waals surface area contributed by atoms with E-state index in [2.05, 4.69) is 30.9 Å². The maximum Gasteiger partial charge on any atom is 0.326 e. The number of carbonyl (C=O) groups is 4. The summed E-state index contributed by atoms with van der Waals surface area (Å²) in [6.07, 6.45) is 6.84. The Balaban J connectivity index is 1.75. The smallest absolute Gasteiger partial charge is 0.326 e. The van der Waals surface area contributed by atoms with Crippen LogP contribution in [0.2, 0.25) is 0 Å². The zero-order chi connectivity index (χ0) is 28.4. The molecule has 0 aliphatic carbocycles. The first kappa shape index (κ1) is 29.7. The van der Waals surface area contributed by atoms with Crippen molar-refractivity contribution in [2.24, 2.45) is 5.73 Å². The standard InChI is InChI=1S/C25H33N7O6S/c1-39-7-6-19(25(37)38)30-23(35)20(8-14-10-28-18-5-3-2-4-16(14)18)31-24(36)21(12-33)32-22(34)17(26)9-15-11-27-13-29-15/h2-5,10-11,13,17,19-21,28,33H,6-9,12,26H2,1H3,(H,27,29)(H,30,35)(H,31,36)(H,32,34)(H,37,38). The van der Waals surface area contributed by atoms with Gasteiger partial charge >= 0.3 is 5.97 Å². The first-order chi connectivity index (χ1) is 18.7. The molecule has 0 bridgehead atoms. The predicted octanol–water partition coefficient (Wildman–Crippen LogP) is -0.712. The summed E-state index contributed by atoms with van der Waals surface area (Å²) in [7, 11) is 0. The van der Waals surface area contributed by atoms with E-state index in [1.807, 2.05) is 30.5 Å². The van der Waals surface area contributed by atoms with Crippen molar-refractivity contribution in [1.82, 2.24) is 30.9 Å². The second-order valence-electron chi connectivity index (χ2n) is 8.94. The number of aliphatic hydroxyl groups excluding tert-OH is 1. The van der Waals surface area contributed by atoms with E-state index < -0.39 is 54.5 Å². The van der Waals surface area contributed by atoms with Gasteiger partial charge in [0.25, 0.3) is 0 Å². The highest BCUT2D eigenvalue weighted by Gasteiger charge is 2.30. The molecule has 13 nitrogen and oxygen atoms in total. The van der Waals surface area contributed by atoms with Gasteiger partial charge in [0.05, 0.1) is 19.0 Å². The number of carbonyl (C=O) groups excluding carboxylic acids is 3. The second kappa shape index (κ2) is 14.3. The van der Waals surface area contributed by atoms with Crippen molar-refractivity contribution in [3.05, 3.63) is 54.2 Å². The fourth-order valence-corrected chi connectivity index (χ4v) is 4.44. The molecule has 4 unspecified atom stereocenters. The number of nitrogens with two attached hydrogens (primary N) is 1. The van der Waals surface area contributed by atoms with Crippen LogP contribution in [0.4, 0.5) is 0 Å². The van der Waals surface area contributed by atoms with Gasteiger partial charge in [-0.3, -0.25) is 14.4 Å². The molecule has 0 spiro atoms. The van der Waals surface area contributed by atoms with E-state index in [1.54, 1.807) is 6.20 Å². The van der Waals surface area contributed by atoms with Crippen LogP contribution in [0.25, 0.3) is 10.9 Å². The van der Waals surface area contributed by atoms with Crippen molar-refractivity contribution in [2.75, 3.05) is 18.6 Å². The molecular weight excluding hydrogens is 526 g/mol. The molecule has 39 heavy (non-hydrogen) atoms. The summed E-state index contributed by atoms with van der Waals surface area (Å²) >= 11 is 1.44. The number of aliphatic hydroxyl groups is 1. The molecule has 3 aromatic rings. The number of benzene rings is 1. The lowest BCUT2D eigenvalue weighted by molar-refractivity contribution is -0.142. The first-order valence-electron chi connectivity index (χ1n) is 12.2. The highest BCUT2D eigenvalue weighted by Crippen LogP contribution is 2.19. The highest BCUT2D eigenvalue weighted by molar-refractivity contribution is 7.98. The molecule has 0 saturated heterocycles. The monoisotopic (exact) mass is 559 g/mol. The Kier molecular flexibility index (Phi) is 10.9. The van der Waals surface area contributed by atoms with E-state index in [4.69, 9.17) is 5.73 Å². The molecule has 0 saturated carbocycles. The lowest BCUT2D eigenvalue weighted by Gasteiger charge is -2.24. The average Bonchev–Trinajstić information content (AvgIpc) is 3.58. The van der Waals surface area contributed by atoms with Gasteiger partial charge in [-0.1, -0.05) is 18.2 Å². The number of aromatic amines is 2. The van der Waals surface area contributed by atoms with Crippen molar-refractivity contribution in [3.63, 3.8) is 0 Å². The number of nitrogens with zero attached hydrogens (tertiary/aromatic N) is 1. The summed E-state index contributed by atoms with van der Waals surface area (Å²) in [6, 6.07) is 2.64. The third kappa shape index (κ3) is 8.30. The molecular formula is C25H33N7O6S. The van der Waals surface area contributed by atoms with E-state index in [9.17, 15) is 29.4 Å². The maximum absolute atomic E-state index is 13.3. The largest absolute Gasteiger partial charge is 0.480 e. The summed E-state index contributed by atoms with van der Waals surface area (Å²) < 4.78 is 0. The fourth-order valence-electron chi connectivity index (χ4n) is 3.97. The minimum absolute atomic E-state index is 0.0296. The third-order valence-electron chi connectivity index (χ3n) is 6.10. The molecule has 3 amide bonds. The van der Waals surface area contributed by atoms with E-state index in [-0.39, 0.29) is 19.3 Å². The Bertz CT molecular complexity index is 1260. The topological polar surface area (TPSA) is 215 Å². The number of thioether (sulfide) groups is 1. The van der Waals surface area contributed by atoms with Crippen molar-refractivity contribution in [1.29, 1.82) is 0 Å². The minimum atomic E-state index is -1.39. The minimum Gasteiger partial charge on any atom is -0.480 e. The van der Waals surface area contributed by atoms with Crippen LogP contribution < -0.4 is 21.7 Å². The second-order valence-corrected chi connectivity index (χ2v) is 9.92. The normalized spacial score (nSPS) is 14.2. The van der Waals surface area contributed by atoms with E-state index in [1.165, 1.54) is 24.3 Å². The summed E-state index contributed by atoms with van der Waals surface area (Å²) in [5.41, 5.74) is 8.09. The number of aliphatic carboxylic acids is 1. The summed E-state index contributed by atoms with van der Waals surface area (Å²) in [6.45, 7) is -0.749. The molecule has 0 aliphatic rings. The third-order valence-corrected chi connectivity index (χ3v) is 6.75. The molecule has 14 heteroatoms. The number of carboxylic acids is 1. The van der Waals surface area contributed by atoms with Gasteiger partial charge < -0.3 is 41.9 Å². The zero-order valence-corrected chi connectivity index (χ0v) is 22.2. The number of hydrogen-bond acceptors (Lipinski definition) is 8. The number of H-pyrrole nitrogens is 2. The lowest BCUT2D eigenvalue weighted by atomic mass is 10.0.